The molecule has 0 amide bonds. The van der Waals surface area contributed by atoms with Gasteiger partial charge in [-0.2, -0.15) is 29.8 Å². The molecule has 0 aromatic heterocycles. The van der Waals surface area contributed by atoms with Crippen LogP contribution >= 0.6 is 0 Å². The van der Waals surface area contributed by atoms with Crippen molar-refractivity contribution in [1.82, 2.24) is 0 Å². The summed E-state index contributed by atoms with van der Waals surface area (Å²) in [5.74, 6) is -1.46. The van der Waals surface area contributed by atoms with Gasteiger partial charge in [0.1, 0.15) is 6.54 Å². The number of carbonyl (C=O) groups is 1. The molecule has 0 saturated heterocycles. The Kier molecular flexibility index (Phi) is 19.6. The number of carboxylic acids is 1. The molecule has 0 bridgehead atoms. The molecule has 0 radical (unpaired) electrons. The SMILES string of the molecule is CCN1/C(=C/C=C/C2=[N+](CCCCCC(=O)O)c3ccc(S(=O)(=O)O)cc3C2(C)CCCS(=O)(=O)O)C(C)(CCOCCOCCOCCOCCOC)c2cc(S(=O)(=O)O)ccc21. The summed E-state index contributed by atoms with van der Waals surface area (Å²) < 4.78 is 132. The quantitative estimate of drug-likeness (QED) is 0.0447. The number of hydrogen-bond acceptors (Lipinski definition) is 13. The maximum Gasteiger partial charge on any atom is 0.303 e. The fourth-order valence-electron chi connectivity index (χ4n) is 8.23. The second-order valence-corrected chi connectivity index (χ2v) is 20.4. The van der Waals surface area contributed by atoms with E-state index in [1.807, 2.05) is 48.5 Å². The van der Waals surface area contributed by atoms with E-state index in [2.05, 4.69) is 0 Å². The number of ether oxygens (including phenoxy) is 5. The minimum absolute atomic E-state index is 0.00610. The van der Waals surface area contributed by atoms with Gasteiger partial charge in [-0.05, 0) is 94.8 Å². The summed E-state index contributed by atoms with van der Waals surface area (Å²) in [4.78, 5) is 12.6. The van der Waals surface area contributed by atoms with Crippen LogP contribution in [0.4, 0.5) is 11.4 Å². The van der Waals surface area contributed by atoms with Crippen molar-refractivity contribution in [2.45, 2.75) is 86.3 Å². The molecule has 4 N–H and O–H groups in total. The third-order valence-corrected chi connectivity index (χ3v) is 14.0. The van der Waals surface area contributed by atoms with E-state index >= 15 is 0 Å². The Hall–Kier alpha value is -3.61. The molecule has 4 rings (SSSR count). The molecule has 2 aromatic rings. The van der Waals surface area contributed by atoms with Crippen LogP contribution in [-0.2, 0) is 69.7 Å². The van der Waals surface area contributed by atoms with Crippen LogP contribution in [0.3, 0.4) is 0 Å². The van der Waals surface area contributed by atoms with Gasteiger partial charge in [-0.1, -0.05) is 6.08 Å². The highest BCUT2D eigenvalue weighted by atomic mass is 32.2. The topological polar surface area (TPSA) is 253 Å². The first-order valence-electron chi connectivity index (χ1n) is 21.2. The molecule has 64 heavy (non-hydrogen) atoms. The van der Waals surface area contributed by atoms with Crippen molar-refractivity contribution in [1.29, 1.82) is 0 Å². The fraction of sp³-hybridized carbons (Fsp3) is 0.581. The monoisotopic (exact) mass is 959 g/mol. The number of methoxy groups -OCH3 is 1. The summed E-state index contributed by atoms with van der Waals surface area (Å²) >= 11 is 0. The summed E-state index contributed by atoms with van der Waals surface area (Å²) in [6.45, 7) is 10.1. The first kappa shape index (κ1) is 53.0. The van der Waals surface area contributed by atoms with Gasteiger partial charge < -0.3 is 33.7 Å². The zero-order valence-electron chi connectivity index (χ0n) is 36.9. The van der Waals surface area contributed by atoms with Crippen LogP contribution in [0.1, 0.15) is 76.8 Å². The van der Waals surface area contributed by atoms with Gasteiger partial charge in [0.05, 0.1) is 73.8 Å². The number of allylic oxidation sites excluding steroid dienone is 4. The zero-order valence-corrected chi connectivity index (χ0v) is 39.4. The van der Waals surface area contributed by atoms with Crippen LogP contribution in [0.5, 0.6) is 0 Å². The highest BCUT2D eigenvalue weighted by Crippen LogP contribution is 2.51. The highest BCUT2D eigenvalue weighted by Gasteiger charge is 2.48. The number of hydrogen-bond donors (Lipinski definition) is 4. The standard InChI is InChI=1S/C43H62N2O16S3/c1-5-44-37-16-14-33(63(51,52)53)31-35(37)43(3,19-21-58-24-25-60-28-29-61-27-26-59-23-22-57-4)39(44)11-9-12-40-42(2,18-10-30-62(48,49)50)36-32-34(64(54,55)56)15-17-38(36)45(40)20-8-6-7-13-41(46)47/h9,11-12,14-17,31-32H,5-8,10,13,18-30H2,1-4H3,(H3-,46,47,48,49,50,51,52,53,54,55,56)/p+1. The van der Waals surface area contributed by atoms with Gasteiger partial charge in [-0.3, -0.25) is 18.5 Å². The molecule has 18 nitrogen and oxygen atoms in total. The lowest BCUT2D eigenvalue weighted by Crippen LogP contribution is -2.32. The molecular weight excluding hydrogens is 897 g/mol. The van der Waals surface area contributed by atoms with Crippen molar-refractivity contribution in [3.05, 3.63) is 71.5 Å². The third-order valence-electron chi connectivity index (χ3n) is 11.5. The number of likely N-dealkylation sites (N-methyl/N-ethyl adjacent to an activating group) is 1. The first-order chi connectivity index (χ1) is 30.2. The van der Waals surface area contributed by atoms with Crippen LogP contribution in [0.2, 0.25) is 0 Å². The second-order valence-electron chi connectivity index (χ2n) is 16.0. The molecule has 2 aliphatic rings. The lowest BCUT2D eigenvalue weighted by molar-refractivity contribution is -0.438. The predicted molar refractivity (Wildman–Crippen MR) is 239 cm³/mol. The van der Waals surface area contributed by atoms with E-state index in [1.54, 1.807) is 19.2 Å². The molecule has 2 aromatic carbocycles. The summed E-state index contributed by atoms with van der Waals surface area (Å²) in [6, 6.07) is 8.70. The average molecular weight is 960 g/mol. The van der Waals surface area contributed by atoms with Gasteiger partial charge in [0, 0.05) is 67.6 Å². The number of anilines is 1. The minimum Gasteiger partial charge on any atom is -0.481 e. The van der Waals surface area contributed by atoms with E-state index in [0.29, 0.717) is 108 Å². The Morgan fingerprint density at radius 1 is 0.719 bits per heavy atom. The third kappa shape index (κ3) is 14.4. The van der Waals surface area contributed by atoms with Crippen molar-refractivity contribution < 1.29 is 77.1 Å². The van der Waals surface area contributed by atoms with Crippen LogP contribution in [-0.4, -0.2) is 146 Å². The molecular formula is C43H63N2O16S3+. The van der Waals surface area contributed by atoms with Gasteiger partial charge >= 0.3 is 5.97 Å². The molecule has 2 unspecified atom stereocenters. The van der Waals surface area contributed by atoms with Crippen molar-refractivity contribution in [3.63, 3.8) is 0 Å². The Balaban J connectivity index is 1.67. The molecule has 0 saturated carbocycles. The van der Waals surface area contributed by atoms with Gasteiger partial charge in [-0.15, -0.1) is 0 Å². The summed E-state index contributed by atoms with van der Waals surface area (Å²) in [5, 5.41) is 9.19. The molecule has 0 aliphatic carbocycles. The van der Waals surface area contributed by atoms with E-state index in [9.17, 15) is 48.8 Å². The molecule has 21 heteroatoms. The van der Waals surface area contributed by atoms with E-state index < -0.39 is 52.9 Å². The number of rotatable bonds is 30. The van der Waals surface area contributed by atoms with Crippen molar-refractivity contribution in [2.75, 3.05) is 90.3 Å². The van der Waals surface area contributed by atoms with E-state index in [-0.39, 0.29) is 42.3 Å². The lowest BCUT2D eigenvalue weighted by Gasteiger charge is -2.30. The number of unbranched alkanes of at least 4 members (excludes halogenated alkanes) is 2. The molecule has 0 fully saturated rings. The average Bonchev–Trinajstić information content (AvgIpc) is 3.59. The summed E-state index contributed by atoms with van der Waals surface area (Å²) in [7, 11) is -11.9. The Morgan fingerprint density at radius 3 is 1.83 bits per heavy atom. The fourth-order valence-corrected chi connectivity index (χ4v) is 9.76. The summed E-state index contributed by atoms with van der Waals surface area (Å²) in [5.41, 5.74) is 2.11. The second kappa shape index (κ2) is 23.7. The Bertz CT molecular complexity index is 2350. The number of carboxylic acid groups (broad SMARTS) is 1. The van der Waals surface area contributed by atoms with Crippen LogP contribution in [0.25, 0.3) is 0 Å². The number of aliphatic carboxylic acids is 1. The Morgan fingerprint density at radius 2 is 1.28 bits per heavy atom. The Labute approximate surface area is 377 Å². The van der Waals surface area contributed by atoms with Crippen LogP contribution in [0, 0.1) is 0 Å². The number of benzene rings is 2. The summed E-state index contributed by atoms with van der Waals surface area (Å²) in [6.07, 6.45) is 7.67. The smallest absolute Gasteiger partial charge is 0.303 e. The largest absolute Gasteiger partial charge is 0.481 e. The lowest BCUT2D eigenvalue weighted by atomic mass is 9.75. The van der Waals surface area contributed by atoms with Crippen molar-refractivity contribution >= 4 is 53.4 Å². The normalized spacial score (nSPS) is 19.6. The van der Waals surface area contributed by atoms with Crippen molar-refractivity contribution in [2.24, 2.45) is 0 Å². The van der Waals surface area contributed by atoms with Gasteiger partial charge in [0.15, 0.2) is 5.71 Å². The minimum atomic E-state index is -4.63. The predicted octanol–water partition coefficient (Wildman–Crippen LogP) is 5.19. The molecule has 2 aliphatic heterocycles. The molecule has 358 valence electrons. The molecule has 0 spiro atoms. The van der Waals surface area contributed by atoms with E-state index in [0.717, 1.165) is 11.4 Å². The van der Waals surface area contributed by atoms with E-state index in [1.165, 1.54) is 24.3 Å². The van der Waals surface area contributed by atoms with Gasteiger partial charge in [0.2, 0.25) is 5.69 Å². The molecule has 2 heterocycles. The van der Waals surface area contributed by atoms with Crippen molar-refractivity contribution in [3.8, 4) is 0 Å². The number of fused-ring (bicyclic) bond motifs is 2. The highest BCUT2D eigenvalue weighted by molar-refractivity contribution is 7.86. The van der Waals surface area contributed by atoms with Crippen LogP contribution < -0.4 is 4.90 Å². The maximum absolute atomic E-state index is 12.4. The molecule has 2 atom stereocenters. The van der Waals surface area contributed by atoms with Gasteiger partial charge in [0.25, 0.3) is 30.4 Å². The number of nitrogens with zero attached hydrogens (tertiary/aromatic N) is 2. The first-order valence-corrected chi connectivity index (χ1v) is 25.7. The zero-order chi connectivity index (χ0) is 47.2. The maximum atomic E-state index is 12.4. The van der Waals surface area contributed by atoms with Crippen LogP contribution in [0.15, 0.2) is 70.1 Å². The van der Waals surface area contributed by atoms with Gasteiger partial charge in [-0.25, -0.2) is 0 Å². The van der Waals surface area contributed by atoms with E-state index in [4.69, 9.17) is 23.7 Å².